The third-order valence-corrected chi connectivity index (χ3v) is 2.88. The third kappa shape index (κ3) is 2.49. The molecule has 0 unspecified atom stereocenters. The van der Waals surface area contributed by atoms with Gasteiger partial charge in [0, 0.05) is 23.9 Å². The van der Waals surface area contributed by atoms with E-state index in [1.165, 1.54) is 18.3 Å². The first-order valence-electron chi connectivity index (χ1n) is 4.57. The van der Waals surface area contributed by atoms with Gasteiger partial charge in [0.2, 0.25) is 0 Å². The van der Waals surface area contributed by atoms with Crippen molar-refractivity contribution in [3.63, 3.8) is 0 Å². The molecule has 6 nitrogen and oxygen atoms in total. The number of hydrogen-bond donors (Lipinski definition) is 1. The van der Waals surface area contributed by atoms with Crippen LogP contribution >= 0.6 is 22.6 Å². The van der Waals surface area contributed by atoms with Crippen LogP contribution in [-0.2, 0) is 0 Å². The van der Waals surface area contributed by atoms with E-state index in [1.807, 2.05) is 22.6 Å². The number of rotatable bonds is 2. The molecule has 0 aliphatic rings. The van der Waals surface area contributed by atoms with E-state index in [0.717, 1.165) is 0 Å². The molecule has 1 aromatic heterocycles. The summed E-state index contributed by atoms with van der Waals surface area (Å²) in [6.45, 7) is 0. The maximum atomic E-state index is 11.4. The van der Waals surface area contributed by atoms with Crippen molar-refractivity contribution < 1.29 is 4.92 Å². The molecule has 0 fully saturated rings. The molecular formula is C10H6IN3O3. The van der Waals surface area contributed by atoms with Crippen molar-refractivity contribution in [3.8, 4) is 11.4 Å². The second-order valence-corrected chi connectivity index (χ2v) is 4.38. The molecule has 0 radical (unpaired) electrons. The Balaban J connectivity index is 2.43. The Morgan fingerprint density at radius 3 is 2.47 bits per heavy atom. The van der Waals surface area contributed by atoms with Crippen LogP contribution in [0.4, 0.5) is 5.69 Å². The van der Waals surface area contributed by atoms with Crippen LogP contribution in [0.3, 0.4) is 0 Å². The minimum Gasteiger partial charge on any atom is -0.306 e. The van der Waals surface area contributed by atoms with Crippen molar-refractivity contribution >= 4 is 28.3 Å². The summed E-state index contributed by atoms with van der Waals surface area (Å²) in [6.07, 6.45) is 1.45. The highest BCUT2D eigenvalue weighted by Crippen LogP contribution is 2.18. The summed E-state index contributed by atoms with van der Waals surface area (Å²) in [5.41, 5.74) is 0.402. The molecule has 2 aromatic rings. The summed E-state index contributed by atoms with van der Waals surface area (Å²) < 4.78 is 0.494. The Morgan fingerprint density at radius 1 is 1.29 bits per heavy atom. The van der Waals surface area contributed by atoms with Gasteiger partial charge in [0.05, 0.1) is 8.49 Å². The summed E-state index contributed by atoms with van der Waals surface area (Å²) in [5, 5.41) is 10.5. The van der Waals surface area contributed by atoms with Gasteiger partial charge in [-0.15, -0.1) is 0 Å². The molecule has 1 aromatic carbocycles. The average molecular weight is 343 g/mol. The summed E-state index contributed by atoms with van der Waals surface area (Å²) in [7, 11) is 0. The van der Waals surface area contributed by atoms with E-state index in [9.17, 15) is 14.9 Å². The Bertz CT molecular complexity index is 621. The topological polar surface area (TPSA) is 88.9 Å². The molecule has 0 amide bonds. The number of nitro benzene ring substituents is 1. The predicted molar refractivity (Wildman–Crippen MR) is 69.7 cm³/mol. The lowest BCUT2D eigenvalue weighted by Gasteiger charge is -2.00. The standard InChI is InChI=1S/C10H6IN3O3/c11-8-5-12-9(13-10(8)15)6-1-3-7(4-2-6)14(16)17/h1-5H,(H,12,13,15). The highest BCUT2D eigenvalue weighted by atomic mass is 127. The van der Waals surface area contributed by atoms with Crippen LogP contribution < -0.4 is 5.56 Å². The van der Waals surface area contributed by atoms with E-state index in [2.05, 4.69) is 9.97 Å². The molecule has 0 saturated heterocycles. The number of hydrogen-bond acceptors (Lipinski definition) is 4. The first-order chi connectivity index (χ1) is 8.08. The van der Waals surface area contributed by atoms with Gasteiger partial charge in [0.15, 0.2) is 0 Å². The lowest BCUT2D eigenvalue weighted by Crippen LogP contribution is -2.11. The number of nitrogens with one attached hydrogen (secondary N) is 1. The van der Waals surface area contributed by atoms with Gasteiger partial charge in [-0.3, -0.25) is 14.9 Å². The van der Waals surface area contributed by atoms with Gasteiger partial charge >= 0.3 is 0 Å². The third-order valence-electron chi connectivity index (χ3n) is 2.11. The van der Waals surface area contributed by atoms with Gasteiger partial charge in [-0.2, -0.15) is 0 Å². The van der Waals surface area contributed by atoms with Gasteiger partial charge in [0.25, 0.3) is 11.2 Å². The van der Waals surface area contributed by atoms with Gasteiger partial charge in [0.1, 0.15) is 5.82 Å². The van der Waals surface area contributed by atoms with Crippen LogP contribution in [0.25, 0.3) is 11.4 Å². The maximum Gasteiger partial charge on any atom is 0.269 e. The van der Waals surface area contributed by atoms with Crippen molar-refractivity contribution in [2.75, 3.05) is 0 Å². The van der Waals surface area contributed by atoms with Gasteiger partial charge in [-0.1, -0.05) is 0 Å². The van der Waals surface area contributed by atoms with E-state index < -0.39 is 4.92 Å². The van der Waals surface area contributed by atoms with Crippen molar-refractivity contribution in [1.29, 1.82) is 0 Å². The fraction of sp³-hybridized carbons (Fsp3) is 0. The van der Waals surface area contributed by atoms with E-state index in [4.69, 9.17) is 0 Å². The second kappa shape index (κ2) is 4.62. The molecule has 1 heterocycles. The molecule has 0 spiro atoms. The van der Waals surface area contributed by atoms with Crippen LogP contribution in [0.2, 0.25) is 0 Å². The average Bonchev–Trinajstić information content (AvgIpc) is 2.33. The molecule has 0 aliphatic heterocycles. The molecule has 2 rings (SSSR count). The molecule has 0 aliphatic carbocycles. The maximum absolute atomic E-state index is 11.4. The molecule has 0 saturated carbocycles. The number of aromatic amines is 1. The monoisotopic (exact) mass is 343 g/mol. The molecule has 1 N–H and O–H groups in total. The van der Waals surface area contributed by atoms with E-state index in [1.54, 1.807) is 12.1 Å². The SMILES string of the molecule is O=c1[nH]c(-c2ccc([N+](=O)[O-])cc2)ncc1I. The normalized spacial score (nSPS) is 10.2. The smallest absolute Gasteiger partial charge is 0.269 e. The lowest BCUT2D eigenvalue weighted by atomic mass is 10.2. The van der Waals surface area contributed by atoms with Crippen LogP contribution in [0.1, 0.15) is 0 Å². The van der Waals surface area contributed by atoms with Crippen molar-refractivity contribution in [1.82, 2.24) is 9.97 Å². The van der Waals surface area contributed by atoms with Gasteiger partial charge < -0.3 is 4.98 Å². The van der Waals surface area contributed by atoms with Crippen molar-refractivity contribution in [2.24, 2.45) is 0 Å². The molecule has 7 heteroatoms. The second-order valence-electron chi connectivity index (χ2n) is 3.21. The largest absolute Gasteiger partial charge is 0.306 e. The van der Waals surface area contributed by atoms with Crippen LogP contribution in [-0.4, -0.2) is 14.9 Å². The highest BCUT2D eigenvalue weighted by Gasteiger charge is 2.07. The van der Waals surface area contributed by atoms with E-state index in [-0.39, 0.29) is 11.2 Å². The van der Waals surface area contributed by atoms with E-state index in [0.29, 0.717) is 15.0 Å². The molecule has 86 valence electrons. The first-order valence-corrected chi connectivity index (χ1v) is 5.65. The number of H-pyrrole nitrogens is 1. The van der Waals surface area contributed by atoms with E-state index >= 15 is 0 Å². The zero-order chi connectivity index (χ0) is 12.4. The quantitative estimate of drug-likeness (QED) is 0.513. The molecule has 0 bridgehead atoms. The fourth-order valence-corrected chi connectivity index (χ4v) is 1.54. The number of non-ortho nitro benzene ring substituents is 1. The molecule has 0 atom stereocenters. The highest BCUT2D eigenvalue weighted by molar-refractivity contribution is 14.1. The summed E-state index contributed by atoms with van der Waals surface area (Å²) in [6, 6.07) is 5.83. The number of nitro groups is 1. The molecule has 17 heavy (non-hydrogen) atoms. The predicted octanol–water partition coefficient (Wildman–Crippen LogP) is 1.95. The van der Waals surface area contributed by atoms with Crippen molar-refractivity contribution in [3.05, 3.63) is 54.5 Å². The fourth-order valence-electron chi connectivity index (χ4n) is 1.27. The lowest BCUT2D eigenvalue weighted by molar-refractivity contribution is -0.384. The number of nitrogens with zero attached hydrogens (tertiary/aromatic N) is 2. The van der Waals surface area contributed by atoms with Gasteiger partial charge in [-0.05, 0) is 34.7 Å². The zero-order valence-electron chi connectivity index (χ0n) is 8.38. The number of aromatic nitrogens is 2. The minimum atomic E-state index is -0.478. The van der Waals surface area contributed by atoms with Crippen LogP contribution in [0.5, 0.6) is 0 Å². The van der Waals surface area contributed by atoms with Crippen LogP contribution in [0.15, 0.2) is 35.3 Å². The van der Waals surface area contributed by atoms with Crippen molar-refractivity contribution in [2.45, 2.75) is 0 Å². The van der Waals surface area contributed by atoms with Gasteiger partial charge in [-0.25, -0.2) is 4.98 Å². The summed E-state index contributed by atoms with van der Waals surface area (Å²) in [4.78, 5) is 28.0. The number of benzene rings is 1. The Kier molecular flexibility index (Phi) is 3.18. The summed E-state index contributed by atoms with van der Waals surface area (Å²) >= 11 is 1.88. The zero-order valence-corrected chi connectivity index (χ0v) is 10.5. The number of halogens is 1. The Hall–Kier alpha value is -1.77. The Labute approximate surface area is 109 Å². The summed E-state index contributed by atoms with van der Waals surface area (Å²) in [5.74, 6) is 0.394. The first kappa shape index (κ1) is 11.7. The Morgan fingerprint density at radius 2 is 1.94 bits per heavy atom. The minimum absolute atomic E-state index is 0.00149. The molecular weight excluding hydrogens is 337 g/mol. The van der Waals surface area contributed by atoms with Crippen LogP contribution in [0, 0.1) is 13.7 Å².